The molecule has 1 atom stereocenters. The molecule has 0 radical (unpaired) electrons. The van der Waals surface area contributed by atoms with Crippen LogP contribution in [0.25, 0.3) is 11.1 Å². The lowest BCUT2D eigenvalue weighted by Crippen LogP contribution is -2.32. The summed E-state index contributed by atoms with van der Waals surface area (Å²) in [6.07, 6.45) is 5.35. The van der Waals surface area contributed by atoms with Gasteiger partial charge in [0.05, 0.1) is 0 Å². The fourth-order valence-corrected chi connectivity index (χ4v) is 3.14. The third-order valence-electron chi connectivity index (χ3n) is 4.61. The second-order valence-electron chi connectivity index (χ2n) is 6.11. The van der Waals surface area contributed by atoms with Gasteiger partial charge in [0.15, 0.2) is 0 Å². The van der Waals surface area contributed by atoms with E-state index in [1.165, 1.54) is 42.4 Å². The molecule has 110 valence electrons. The lowest BCUT2D eigenvalue weighted by Gasteiger charge is -2.35. The summed E-state index contributed by atoms with van der Waals surface area (Å²) >= 11 is 0. The van der Waals surface area contributed by atoms with E-state index >= 15 is 0 Å². The molecule has 1 heteroatoms. The molecule has 1 N–H and O–H groups in total. The molecule has 1 nitrogen and oxygen atoms in total. The Morgan fingerprint density at radius 1 is 0.952 bits per heavy atom. The van der Waals surface area contributed by atoms with Gasteiger partial charge >= 0.3 is 0 Å². The van der Waals surface area contributed by atoms with Gasteiger partial charge in [-0.1, -0.05) is 67.9 Å². The highest BCUT2D eigenvalue weighted by molar-refractivity contribution is 5.63. The Morgan fingerprint density at radius 2 is 1.62 bits per heavy atom. The zero-order chi connectivity index (χ0) is 14.5. The minimum Gasteiger partial charge on any atom is -0.310 e. The third kappa shape index (κ3) is 3.36. The molecule has 1 fully saturated rings. The number of hydrogen-bond donors (Lipinski definition) is 1. The van der Waals surface area contributed by atoms with Gasteiger partial charge in [-0.2, -0.15) is 0 Å². The van der Waals surface area contributed by atoms with Crippen LogP contribution in [-0.2, 0) is 0 Å². The molecule has 0 aromatic heterocycles. The third-order valence-corrected chi connectivity index (χ3v) is 4.61. The Labute approximate surface area is 128 Å². The quantitative estimate of drug-likeness (QED) is 0.767. The average molecular weight is 279 g/mol. The number of rotatable bonds is 6. The van der Waals surface area contributed by atoms with Crippen molar-refractivity contribution in [3.05, 3.63) is 60.2 Å². The van der Waals surface area contributed by atoms with Crippen molar-refractivity contribution >= 4 is 0 Å². The highest BCUT2D eigenvalue weighted by Crippen LogP contribution is 2.38. The van der Waals surface area contributed by atoms with E-state index < -0.39 is 0 Å². The second kappa shape index (κ2) is 6.91. The SMILES string of the molecule is CCCNC(c1ccc(-c2ccccc2)cc1)C1CCC1. The molecular formula is C20H25N. The molecule has 1 saturated carbocycles. The van der Waals surface area contributed by atoms with Gasteiger partial charge in [-0.15, -0.1) is 0 Å². The maximum Gasteiger partial charge on any atom is 0.0348 e. The van der Waals surface area contributed by atoms with E-state index in [2.05, 4.69) is 66.8 Å². The van der Waals surface area contributed by atoms with Crippen LogP contribution in [0.5, 0.6) is 0 Å². The van der Waals surface area contributed by atoms with Crippen molar-refractivity contribution in [2.75, 3.05) is 6.54 Å². The van der Waals surface area contributed by atoms with Crippen LogP contribution >= 0.6 is 0 Å². The van der Waals surface area contributed by atoms with Gasteiger partial charge in [-0.05, 0) is 48.4 Å². The molecule has 1 unspecified atom stereocenters. The molecule has 21 heavy (non-hydrogen) atoms. The molecular weight excluding hydrogens is 254 g/mol. The Morgan fingerprint density at radius 3 is 2.19 bits per heavy atom. The van der Waals surface area contributed by atoms with Crippen LogP contribution in [0.3, 0.4) is 0 Å². The van der Waals surface area contributed by atoms with E-state index in [1.54, 1.807) is 0 Å². The van der Waals surface area contributed by atoms with E-state index in [4.69, 9.17) is 0 Å². The van der Waals surface area contributed by atoms with E-state index in [1.807, 2.05) is 0 Å². The normalized spacial score (nSPS) is 16.4. The zero-order valence-electron chi connectivity index (χ0n) is 12.9. The summed E-state index contributed by atoms with van der Waals surface area (Å²) in [7, 11) is 0. The first kappa shape index (κ1) is 14.3. The minimum absolute atomic E-state index is 0.545. The van der Waals surface area contributed by atoms with Gasteiger partial charge in [-0.25, -0.2) is 0 Å². The van der Waals surface area contributed by atoms with Crippen LogP contribution < -0.4 is 5.32 Å². The smallest absolute Gasteiger partial charge is 0.0348 e. The lowest BCUT2D eigenvalue weighted by molar-refractivity contribution is 0.231. The van der Waals surface area contributed by atoms with Crippen LogP contribution in [0.1, 0.15) is 44.2 Å². The van der Waals surface area contributed by atoms with E-state index in [0.717, 1.165) is 12.5 Å². The average Bonchev–Trinajstić information content (AvgIpc) is 2.50. The van der Waals surface area contributed by atoms with Crippen molar-refractivity contribution < 1.29 is 0 Å². The number of benzene rings is 2. The van der Waals surface area contributed by atoms with E-state index in [9.17, 15) is 0 Å². The Kier molecular flexibility index (Phi) is 4.72. The maximum absolute atomic E-state index is 3.75. The lowest BCUT2D eigenvalue weighted by atomic mass is 9.77. The predicted octanol–water partition coefficient (Wildman–Crippen LogP) is 5.19. The molecule has 0 bridgehead atoms. The fourth-order valence-electron chi connectivity index (χ4n) is 3.14. The molecule has 3 rings (SSSR count). The van der Waals surface area contributed by atoms with Crippen LogP contribution in [0.2, 0.25) is 0 Å². The summed E-state index contributed by atoms with van der Waals surface area (Å²) in [5, 5.41) is 3.75. The fraction of sp³-hybridized carbons (Fsp3) is 0.400. The van der Waals surface area contributed by atoms with Gasteiger partial charge in [-0.3, -0.25) is 0 Å². The molecule has 0 amide bonds. The predicted molar refractivity (Wildman–Crippen MR) is 90.3 cm³/mol. The van der Waals surface area contributed by atoms with Gasteiger partial charge in [0.1, 0.15) is 0 Å². The molecule has 0 heterocycles. The molecule has 1 aliphatic rings. The summed E-state index contributed by atoms with van der Waals surface area (Å²) in [6, 6.07) is 20.3. The molecule has 0 saturated heterocycles. The molecule has 2 aromatic carbocycles. The van der Waals surface area contributed by atoms with Crippen LogP contribution in [0.4, 0.5) is 0 Å². The van der Waals surface area contributed by atoms with Crippen molar-refractivity contribution in [1.82, 2.24) is 5.32 Å². The van der Waals surface area contributed by atoms with Crippen molar-refractivity contribution in [2.24, 2.45) is 5.92 Å². The number of nitrogens with one attached hydrogen (secondary N) is 1. The highest BCUT2D eigenvalue weighted by atomic mass is 14.9. The standard InChI is InChI=1S/C20H25N/c1-2-15-21-20(18-9-6-10-18)19-13-11-17(12-14-19)16-7-4-3-5-8-16/h3-5,7-8,11-14,18,20-21H,2,6,9-10,15H2,1H3. The van der Waals surface area contributed by atoms with Gasteiger partial charge in [0.25, 0.3) is 0 Å². The van der Waals surface area contributed by atoms with Crippen LogP contribution in [0, 0.1) is 5.92 Å². The largest absolute Gasteiger partial charge is 0.310 e. The van der Waals surface area contributed by atoms with Crippen molar-refractivity contribution in [3.63, 3.8) is 0 Å². The zero-order valence-corrected chi connectivity index (χ0v) is 12.9. The first-order valence-corrected chi connectivity index (χ1v) is 8.27. The van der Waals surface area contributed by atoms with E-state index in [0.29, 0.717) is 6.04 Å². The topological polar surface area (TPSA) is 12.0 Å². The Bertz CT molecular complexity index is 540. The Balaban J connectivity index is 1.77. The van der Waals surface area contributed by atoms with Crippen molar-refractivity contribution in [3.8, 4) is 11.1 Å². The summed E-state index contributed by atoms with van der Waals surface area (Å²) in [6.45, 7) is 3.35. The van der Waals surface area contributed by atoms with Crippen LogP contribution in [-0.4, -0.2) is 6.54 Å². The molecule has 0 spiro atoms. The summed E-state index contributed by atoms with van der Waals surface area (Å²) < 4.78 is 0. The van der Waals surface area contributed by atoms with Crippen molar-refractivity contribution in [1.29, 1.82) is 0 Å². The van der Waals surface area contributed by atoms with E-state index in [-0.39, 0.29) is 0 Å². The molecule has 1 aliphatic carbocycles. The minimum atomic E-state index is 0.545. The summed E-state index contributed by atoms with van der Waals surface area (Å²) in [4.78, 5) is 0. The first-order valence-electron chi connectivity index (χ1n) is 8.27. The first-order chi connectivity index (χ1) is 10.4. The maximum atomic E-state index is 3.75. The van der Waals surface area contributed by atoms with Gasteiger partial charge < -0.3 is 5.32 Å². The van der Waals surface area contributed by atoms with Gasteiger partial charge in [0.2, 0.25) is 0 Å². The summed E-state index contributed by atoms with van der Waals surface area (Å²) in [5.41, 5.74) is 4.06. The molecule has 2 aromatic rings. The Hall–Kier alpha value is -1.60. The second-order valence-corrected chi connectivity index (χ2v) is 6.11. The number of hydrogen-bond acceptors (Lipinski definition) is 1. The monoisotopic (exact) mass is 279 g/mol. The highest BCUT2D eigenvalue weighted by Gasteiger charge is 2.27. The molecule has 0 aliphatic heterocycles. The van der Waals surface area contributed by atoms with Gasteiger partial charge in [0, 0.05) is 6.04 Å². The summed E-state index contributed by atoms with van der Waals surface area (Å²) in [5.74, 6) is 0.833. The van der Waals surface area contributed by atoms with Crippen molar-refractivity contribution in [2.45, 2.75) is 38.6 Å². The van der Waals surface area contributed by atoms with Crippen LogP contribution in [0.15, 0.2) is 54.6 Å².